The molecule has 4 heteroatoms. The minimum absolute atomic E-state index is 0.340. The Morgan fingerprint density at radius 3 is 3.33 bits per heavy atom. The molecule has 1 aliphatic rings. The minimum atomic E-state index is 0.340. The average Bonchev–Trinajstić information content (AvgIpc) is 2.49. The standard InChI is InChI=1S/C8H10N2OS/c9-8(12)5-1-2-7-6(3-5)4-10-11-7/h4-5H,1-3H2,(H2,9,12)/t5-/m0/s1. The van der Waals surface area contributed by atoms with Gasteiger partial charge in [-0.05, 0) is 12.8 Å². The molecular weight excluding hydrogens is 172 g/mol. The molecule has 0 spiro atoms. The van der Waals surface area contributed by atoms with Gasteiger partial charge in [0, 0.05) is 17.9 Å². The molecule has 0 aliphatic heterocycles. The first-order chi connectivity index (χ1) is 5.77. The molecule has 1 heterocycles. The summed E-state index contributed by atoms with van der Waals surface area (Å²) in [5.74, 6) is 1.34. The molecule has 2 rings (SSSR count). The number of hydrogen-bond donors (Lipinski definition) is 1. The second kappa shape index (κ2) is 2.86. The van der Waals surface area contributed by atoms with Crippen LogP contribution in [0.25, 0.3) is 0 Å². The van der Waals surface area contributed by atoms with E-state index in [-0.39, 0.29) is 0 Å². The average molecular weight is 182 g/mol. The SMILES string of the molecule is NC(=S)[C@H]1CCc2oncc2C1. The van der Waals surface area contributed by atoms with Gasteiger partial charge in [-0.2, -0.15) is 0 Å². The van der Waals surface area contributed by atoms with Crippen LogP contribution < -0.4 is 5.73 Å². The summed E-state index contributed by atoms with van der Waals surface area (Å²) in [5.41, 5.74) is 6.74. The molecule has 2 N–H and O–H groups in total. The van der Waals surface area contributed by atoms with Crippen molar-refractivity contribution in [2.75, 3.05) is 0 Å². The molecule has 0 saturated carbocycles. The first-order valence-corrected chi connectivity index (χ1v) is 4.40. The van der Waals surface area contributed by atoms with E-state index in [4.69, 9.17) is 22.5 Å². The number of rotatable bonds is 1. The Morgan fingerprint density at radius 2 is 2.58 bits per heavy atom. The van der Waals surface area contributed by atoms with E-state index < -0.39 is 0 Å². The van der Waals surface area contributed by atoms with Gasteiger partial charge in [0.25, 0.3) is 0 Å². The highest BCUT2D eigenvalue weighted by Gasteiger charge is 2.23. The summed E-state index contributed by atoms with van der Waals surface area (Å²) in [6, 6.07) is 0. The Hall–Kier alpha value is -0.900. The van der Waals surface area contributed by atoms with Crippen molar-refractivity contribution in [2.45, 2.75) is 19.3 Å². The van der Waals surface area contributed by atoms with Gasteiger partial charge >= 0.3 is 0 Å². The van der Waals surface area contributed by atoms with Crippen molar-refractivity contribution < 1.29 is 4.52 Å². The van der Waals surface area contributed by atoms with E-state index in [1.165, 1.54) is 5.56 Å². The normalized spacial score (nSPS) is 21.8. The highest BCUT2D eigenvalue weighted by molar-refractivity contribution is 7.80. The van der Waals surface area contributed by atoms with Crippen LogP contribution in [0, 0.1) is 5.92 Å². The molecule has 1 aromatic heterocycles. The monoisotopic (exact) mass is 182 g/mol. The van der Waals surface area contributed by atoms with E-state index in [2.05, 4.69) is 5.16 Å². The molecule has 0 unspecified atom stereocenters. The van der Waals surface area contributed by atoms with Gasteiger partial charge in [0.1, 0.15) is 5.76 Å². The van der Waals surface area contributed by atoms with Gasteiger partial charge < -0.3 is 10.3 Å². The molecule has 0 bridgehead atoms. The maximum Gasteiger partial charge on any atom is 0.139 e. The van der Waals surface area contributed by atoms with Crippen LogP contribution in [0.15, 0.2) is 10.7 Å². The van der Waals surface area contributed by atoms with Crippen LogP contribution in [-0.2, 0) is 12.8 Å². The Bertz CT molecular complexity index is 308. The van der Waals surface area contributed by atoms with Crippen LogP contribution in [0.2, 0.25) is 0 Å². The summed E-state index contributed by atoms with van der Waals surface area (Å²) < 4.78 is 5.05. The zero-order valence-electron chi connectivity index (χ0n) is 6.62. The van der Waals surface area contributed by atoms with Crippen molar-refractivity contribution in [3.8, 4) is 0 Å². The first kappa shape index (κ1) is 7.73. The van der Waals surface area contributed by atoms with E-state index in [0.29, 0.717) is 10.9 Å². The topological polar surface area (TPSA) is 52.0 Å². The lowest BCUT2D eigenvalue weighted by atomic mass is 9.88. The van der Waals surface area contributed by atoms with Crippen LogP contribution in [0.4, 0.5) is 0 Å². The number of nitrogens with zero attached hydrogens (tertiary/aromatic N) is 1. The van der Waals surface area contributed by atoms with Gasteiger partial charge in [0.15, 0.2) is 0 Å². The minimum Gasteiger partial charge on any atom is -0.393 e. The molecule has 0 radical (unpaired) electrons. The summed E-state index contributed by atoms with van der Waals surface area (Å²) in [7, 11) is 0. The molecule has 12 heavy (non-hydrogen) atoms. The van der Waals surface area contributed by atoms with Crippen LogP contribution >= 0.6 is 12.2 Å². The molecule has 1 atom stereocenters. The molecule has 1 aromatic rings. The number of aryl methyl sites for hydroxylation is 1. The quantitative estimate of drug-likeness (QED) is 0.660. The van der Waals surface area contributed by atoms with Crippen molar-refractivity contribution >= 4 is 17.2 Å². The molecule has 0 amide bonds. The third kappa shape index (κ3) is 1.22. The predicted molar refractivity (Wildman–Crippen MR) is 48.8 cm³/mol. The van der Waals surface area contributed by atoms with Gasteiger partial charge in [-0.1, -0.05) is 17.4 Å². The molecular formula is C8H10N2OS. The molecule has 0 saturated heterocycles. The Morgan fingerprint density at radius 1 is 1.75 bits per heavy atom. The van der Waals surface area contributed by atoms with Crippen LogP contribution in [-0.4, -0.2) is 10.1 Å². The highest BCUT2D eigenvalue weighted by atomic mass is 32.1. The third-order valence-electron chi connectivity index (χ3n) is 2.32. The van der Waals surface area contributed by atoms with Gasteiger partial charge in [0.2, 0.25) is 0 Å². The molecule has 1 aliphatic carbocycles. The zero-order chi connectivity index (χ0) is 8.55. The fourth-order valence-corrected chi connectivity index (χ4v) is 1.77. The fraction of sp³-hybridized carbons (Fsp3) is 0.500. The fourth-order valence-electron chi connectivity index (χ4n) is 1.57. The number of aromatic nitrogens is 1. The number of hydrogen-bond acceptors (Lipinski definition) is 3. The van der Waals surface area contributed by atoms with Crippen molar-refractivity contribution in [1.82, 2.24) is 5.16 Å². The Balaban J connectivity index is 2.20. The summed E-state index contributed by atoms with van der Waals surface area (Å²) in [6.45, 7) is 0. The van der Waals surface area contributed by atoms with Gasteiger partial charge in [-0.25, -0.2) is 0 Å². The maximum absolute atomic E-state index is 5.57. The number of nitrogens with two attached hydrogens (primary N) is 1. The van der Waals surface area contributed by atoms with Crippen LogP contribution in [0.5, 0.6) is 0 Å². The van der Waals surface area contributed by atoms with E-state index >= 15 is 0 Å². The van der Waals surface area contributed by atoms with E-state index in [9.17, 15) is 0 Å². The second-order valence-electron chi connectivity index (χ2n) is 3.12. The summed E-state index contributed by atoms with van der Waals surface area (Å²) in [6.07, 6.45) is 4.57. The highest BCUT2D eigenvalue weighted by Crippen LogP contribution is 2.25. The lowest BCUT2D eigenvalue weighted by molar-refractivity contribution is 0.365. The smallest absolute Gasteiger partial charge is 0.139 e. The Kier molecular flexibility index (Phi) is 1.84. The van der Waals surface area contributed by atoms with E-state index in [1.807, 2.05) is 0 Å². The first-order valence-electron chi connectivity index (χ1n) is 3.99. The van der Waals surface area contributed by atoms with E-state index in [1.54, 1.807) is 6.20 Å². The maximum atomic E-state index is 5.57. The van der Waals surface area contributed by atoms with Crippen molar-refractivity contribution in [1.29, 1.82) is 0 Å². The molecule has 64 valence electrons. The van der Waals surface area contributed by atoms with Gasteiger partial charge in [-0.3, -0.25) is 0 Å². The second-order valence-corrected chi connectivity index (χ2v) is 3.59. The van der Waals surface area contributed by atoms with E-state index in [0.717, 1.165) is 25.0 Å². The predicted octanol–water partition coefficient (Wildman–Crippen LogP) is 1.07. The number of thiocarbonyl (C=S) groups is 1. The van der Waals surface area contributed by atoms with Crippen molar-refractivity contribution in [3.63, 3.8) is 0 Å². The summed E-state index contributed by atoms with van der Waals surface area (Å²) in [5, 5.41) is 3.74. The third-order valence-corrected chi connectivity index (χ3v) is 2.65. The Labute approximate surface area is 75.9 Å². The largest absolute Gasteiger partial charge is 0.393 e. The number of fused-ring (bicyclic) bond motifs is 1. The lowest BCUT2D eigenvalue weighted by Gasteiger charge is -2.18. The van der Waals surface area contributed by atoms with Crippen LogP contribution in [0.3, 0.4) is 0 Å². The lowest BCUT2D eigenvalue weighted by Crippen LogP contribution is -2.26. The van der Waals surface area contributed by atoms with Gasteiger partial charge in [-0.15, -0.1) is 0 Å². The molecule has 0 fully saturated rings. The van der Waals surface area contributed by atoms with Crippen molar-refractivity contribution in [2.24, 2.45) is 11.7 Å². The van der Waals surface area contributed by atoms with Crippen LogP contribution in [0.1, 0.15) is 17.7 Å². The zero-order valence-corrected chi connectivity index (χ0v) is 7.43. The molecule has 0 aromatic carbocycles. The van der Waals surface area contributed by atoms with Gasteiger partial charge in [0.05, 0.1) is 11.2 Å². The molecule has 3 nitrogen and oxygen atoms in total. The summed E-state index contributed by atoms with van der Waals surface area (Å²) >= 11 is 4.95. The summed E-state index contributed by atoms with van der Waals surface area (Å²) in [4.78, 5) is 0.613. The van der Waals surface area contributed by atoms with Crippen molar-refractivity contribution in [3.05, 3.63) is 17.5 Å².